The van der Waals surface area contributed by atoms with E-state index < -0.39 is 0 Å². The van der Waals surface area contributed by atoms with E-state index in [-0.39, 0.29) is 17.1 Å². The van der Waals surface area contributed by atoms with Crippen molar-refractivity contribution in [1.29, 1.82) is 0 Å². The third-order valence-corrected chi connectivity index (χ3v) is 2.81. The highest BCUT2D eigenvalue weighted by molar-refractivity contribution is 5.44. The van der Waals surface area contributed by atoms with E-state index in [0.29, 0.717) is 12.2 Å². The van der Waals surface area contributed by atoms with Crippen LogP contribution in [0.25, 0.3) is 5.69 Å². The first kappa shape index (κ1) is 11.4. The molecule has 0 saturated heterocycles. The summed E-state index contributed by atoms with van der Waals surface area (Å²) in [5.74, 6) is -0.332. The molecule has 90 valence electrons. The Balaban J connectivity index is 2.71. The fourth-order valence-electron chi connectivity index (χ4n) is 1.89. The zero-order valence-electron chi connectivity index (χ0n) is 9.77. The average molecular weight is 235 g/mol. The standard InChI is InChI=1S/C12H14FN3O/c1-3-15-8(2)11(14)12(17)16(15)10-6-4-9(13)5-7-10/h4-7H,3,14H2,1-2H3. The van der Waals surface area contributed by atoms with Gasteiger partial charge in [0.05, 0.1) is 11.4 Å². The Bertz CT molecular complexity index is 595. The first-order chi connectivity index (χ1) is 8.06. The van der Waals surface area contributed by atoms with Crippen molar-refractivity contribution in [3.8, 4) is 5.69 Å². The average Bonchev–Trinajstić information content (AvgIpc) is 2.54. The van der Waals surface area contributed by atoms with Gasteiger partial charge in [0.1, 0.15) is 11.5 Å². The van der Waals surface area contributed by atoms with Crippen molar-refractivity contribution in [3.63, 3.8) is 0 Å². The minimum atomic E-state index is -0.332. The first-order valence-corrected chi connectivity index (χ1v) is 5.40. The predicted octanol–water partition coefficient (Wildman–Crippen LogP) is 1.69. The zero-order valence-corrected chi connectivity index (χ0v) is 9.77. The topological polar surface area (TPSA) is 52.9 Å². The highest BCUT2D eigenvalue weighted by Gasteiger charge is 2.14. The number of hydrogen-bond acceptors (Lipinski definition) is 2. The van der Waals surface area contributed by atoms with Crippen LogP contribution in [0.5, 0.6) is 0 Å². The Labute approximate surface area is 98.1 Å². The quantitative estimate of drug-likeness (QED) is 0.861. The molecule has 0 amide bonds. The smallest absolute Gasteiger partial charge is 0.294 e. The van der Waals surface area contributed by atoms with E-state index >= 15 is 0 Å². The number of nitrogen functional groups attached to an aromatic ring is 1. The molecular weight excluding hydrogens is 221 g/mol. The van der Waals surface area contributed by atoms with E-state index in [0.717, 1.165) is 5.69 Å². The van der Waals surface area contributed by atoms with Crippen molar-refractivity contribution in [3.05, 3.63) is 46.1 Å². The van der Waals surface area contributed by atoms with Gasteiger partial charge in [-0.25, -0.2) is 9.07 Å². The number of hydrogen-bond donors (Lipinski definition) is 1. The Morgan fingerprint density at radius 1 is 1.29 bits per heavy atom. The minimum Gasteiger partial charge on any atom is -0.393 e. The van der Waals surface area contributed by atoms with Gasteiger partial charge in [-0.15, -0.1) is 0 Å². The maximum Gasteiger partial charge on any atom is 0.294 e. The monoisotopic (exact) mass is 235 g/mol. The number of anilines is 1. The Kier molecular flexibility index (Phi) is 2.75. The van der Waals surface area contributed by atoms with Crippen LogP contribution < -0.4 is 11.3 Å². The van der Waals surface area contributed by atoms with E-state index in [1.165, 1.54) is 16.8 Å². The van der Waals surface area contributed by atoms with Gasteiger partial charge in [0.15, 0.2) is 0 Å². The van der Waals surface area contributed by atoms with Crippen LogP contribution in [-0.2, 0) is 6.54 Å². The van der Waals surface area contributed by atoms with Gasteiger partial charge in [-0.3, -0.25) is 9.48 Å². The molecule has 5 heteroatoms. The lowest BCUT2D eigenvalue weighted by atomic mass is 10.3. The van der Waals surface area contributed by atoms with Crippen molar-refractivity contribution >= 4 is 5.69 Å². The van der Waals surface area contributed by atoms with Crippen molar-refractivity contribution in [2.24, 2.45) is 0 Å². The Morgan fingerprint density at radius 2 is 1.88 bits per heavy atom. The molecule has 0 saturated carbocycles. The molecule has 0 fully saturated rings. The number of nitrogens with two attached hydrogens (primary N) is 1. The zero-order chi connectivity index (χ0) is 12.6. The van der Waals surface area contributed by atoms with Crippen molar-refractivity contribution in [1.82, 2.24) is 9.36 Å². The summed E-state index contributed by atoms with van der Waals surface area (Å²) in [4.78, 5) is 12.0. The van der Waals surface area contributed by atoms with E-state index in [2.05, 4.69) is 0 Å². The fraction of sp³-hybridized carbons (Fsp3) is 0.250. The van der Waals surface area contributed by atoms with E-state index in [4.69, 9.17) is 5.73 Å². The van der Waals surface area contributed by atoms with Gasteiger partial charge < -0.3 is 5.73 Å². The second-order valence-electron chi connectivity index (χ2n) is 3.81. The molecule has 0 spiro atoms. The van der Waals surface area contributed by atoms with Crippen LogP contribution in [0.1, 0.15) is 12.6 Å². The molecule has 1 aromatic carbocycles. The molecule has 2 N–H and O–H groups in total. The number of rotatable bonds is 2. The maximum atomic E-state index is 12.9. The van der Waals surface area contributed by atoms with Crippen LogP contribution in [0.2, 0.25) is 0 Å². The lowest BCUT2D eigenvalue weighted by molar-refractivity contribution is 0.558. The van der Waals surface area contributed by atoms with Crippen LogP contribution in [0, 0.1) is 12.7 Å². The molecule has 0 aliphatic rings. The van der Waals surface area contributed by atoms with Crippen molar-refractivity contribution in [2.75, 3.05) is 5.73 Å². The van der Waals surface area contributed by atoms with Crippen LogP contribution >= 0.6 is 0 Å². The van der Waals surface area contributed by atoms with Crippen LogP contribution in [0.4, 0.5) is 10.1 Å². The van der Waals surface area contributed by atoms with E-state index in [1.807, 2.05) is 6.92 Å². The molecule has 0 aliphatic heterocycles. The second kappa shape index (κ2) is 4.08. The highest BCUT2D eigenvalue weighted by atomic mass is 19.1. The molecular formula is C12H14FN3O. The molecule has 1 heterocycles. The van der Waals surface area contributed by atoms with Gasteiger partial charge in [-0.2, -0.15) is 0 Å². The summed E-state index contributed by atoms with van der Waals surface area (Å²) in [6.45, 7) is 4.34. The summed E-state index contributed by atoms with van der Waals surface area (Å²) < 4.78 is 16.1. The van der Waals surface area contributed by atoms with Crippen LogP contribution in [-0.4, -0.2) is 9.36 Å². The number of benzene rings is 1. The third-order valence-electron chi connectivity index (χ3n) is 2.81. The normalized spacial score (nSPS) is 10.8. The fourth-order valence-corrected chi connectivity index (χ4v) is 1.89. The number of halogens is 1. The van der Waals surface area contributed by atoms with Gasteiger partial charge >= 0.3 is 0 Å². The predicted molar refractivity (Wildman–Crippen MR) is 64.8 cm³/mol. The maximum absolute atomic E-state index is 12.9. The molecule has 1 aromatic heterocycles. The summed E-state index contributed by atoms with van der Waals surface area (Å²) in [5.41, 5.74) is 7.02. The third kappa shape index (κ3) is 1.73. The minimum absolute atomic E-state index is 0.233. The first-order valence-electron chi connectivity index (χ1n) is 5.40. The van der Waals surface area contributed by atoms with Crippen molar-refractivity contribution < 1.29 is 4.39 Å². The molecule has 2 rings (SSSR count). The van der Waals surface area contributed by atoms with Gasteiger partial charge in [0.25, 0.3) is 5.56 Å². The summed E-state index contributed by atoms with van der Waals surface area (Å²) in [6.07, 6.45) is 0. The molecule has 0 unspecified atom stereocenters. The van der Waals surface area contributed by atoms with Gasteiger partial charge in [0, 0.05) is 6.54 Å². The van der Waals surface area contributed by atoms with Gasteiger partial charge in [-0.1, -0.05) is 0 Å². The van der Waals surface area contributed by atoms with Gasteiger partial charge in [-0.05, 0) is 38.1 Å². The molecule has 0 aliphatic carbocycles. The van der Waals surface area contributed by atoms with Crippen LogP contribution in [0.3, 0.4) is 0 Å². The van der Waals surface area contributed by atoms with E-state index in [1.54, 1.807) is 23.7 Å². The Morgan fingerprint density at radius 3 is 2.41 bits per heavy atom. The van der Waals surface area contributed by atoms with E-state index in [9.17, 15) is 9.18 Å². The SMILES string of the molecule is CCn1c(C)c(N)c(=O)n1-c1ccc(F)cc1. The van der Waals surface area contributed by atoms with Crippen LogP contribution in [0.15, 0.2) is 29.1 Å². The second-order valence-corrected chi connectivity index (χ2v) is 3.81. The molecule has 17 heavy (non-hydrogen) atoms. The Hall–Kier alpha value is -2.04. The molecule has 0 atom stereocenters. The summed E-state index contributed by atoms with van der Waals surface area (Å²) in [6, 6.07) is 5.75. The van der Waals surface area contributed by atoms with Crippen molar-refractivity contribution in [2.45, 2.75) is 20.4 Å². The highest BCUT2D eigenvalue weighted by Crippen LogP contribution is 2.13. The summed E-state index contributed by atoms with van der Waals surface area (Å²) in [5, 5.41) is 0. The lowest BCUT2D eigenvalue weighted by Gasteiger charge is -2.10. The lowest BCUT2D eigenvalue weighted by Crippen LogP contribution is -2.21. The molecule has 4 nitrogen and oxygen atoms in total. The number of aromatic nitrogens is 2. The molecule has 0 bridgehead atoms. The molecule has 0 radical (unpaired) electrons. The molecule has 2 aromatic rings. The van der Waals surface area contributed by atoms with Gasteiger partial charge in [0.2, 0.25) is 0 Å². The summed E-state index contributed by atoms with van der Waals surface area (Å²) >= 11 is 0. The number of nitrogens with zero attached hydrogens (tertiary/aromatic N) is 2. The largest absolute Gasteiger partial charge is 0.393 e. The summed E-state index contributed by atoms with van der Waals surface area (Å²) in [7, 11) is 0.